The molecule has 1 heterocycles. The monoisotopic (exact) mass is 169 g/mol. The average molecular weight is 170 g/mol. The normalized spacial score (nSPS) is 11.6. The minimum absolute atomic E-state index is 0.470. The molecule has 0 aromatic carbocycles. The highest BCUT2D eigenvalue weighted by atomic mass is 35.5. The number of nitrogens with one attached hydrogen (secondary N) is 1. The van der Waals surface area contributed by atoms with Gasteiger partial charge in [-0.2, -0.15) is 0 Å². The summed E-state index contributed by atoms with van der Waals surface area (Å²) >= 11 is 5.57. The first-order chi connectivity index (χ1) is 5.24. The van der Waals surface area contributed by atoms with Gasteiger partial charge in [-0.25, -0.2) is 4.99 Å². The number of aliphatic imine (C=N–C) groups is 2. The second-order valence-electron chi connectivity index (χ2n) is 1.98. The summed E-state index contributed by atoms with van der Waals surface area (Å²) < 4.78 is 0. The number of nitrogens with zero attached hydrogens (tertiary/aromatic N) is 2. The molecule has 0 unspecified atom stereocenters. The van der Waals surface area contributed by atoms with Gasteiger partial charge in [0, 0.05) is 6.20 Å². The quantitative estimate of drug-likeness (QED) is 0.662. The van der Waals surface area contributed by atoms with Crippen molar-refractivity contribution in [1.29, 1.82) is 0 Å². The lowest BCUT2D eigenvalue weighted by Gasteiger charge is -1.89. The van der Waals surface area contributed by atoms with Gasteiger partial charge < -0.3 is 4.98 Å². The lowest BCUT2D eigenvalue weighted by Crippen LogP contribution is -1.73. The van der Waals surface area contributed by atoms with Gasteiger partial charge in [-0.15, -0.1) is 0 Å². The van der Waals surface area contributed by atoms with Gasteiger partial charge in [0.15, 0.2) is 5.82 Å². The van der Waals surface area contributed by atoms with Crippen molar-refractivity contribution in [2.75, 3.05) is 0 Å². The van der Waals surface area contributed by atoms with Crippen molar-refractivity contribution in [3.05, 3.63) is 12.3 Å². The van der Waals surface area contributed by atoms with Crippen molar-refractivity contribution in [3.63, 3.8) is 0 Å². The summed E-state index contributed by atoms with van der Waals surface area (Å²) in [5.74, 6) is 0.646. The maximum atomic E-state index is 5.57. The molecule has 0 aliphatic rings. The summed E-state index contributed by atoms with van der Waals surface area (Å²) in [4.78, 5) is 10.6. The predicted octanol–water partition coefficient (Wildman–Crippen LogP) is 2.64. The highest BCUT2D eigenvalue weighted by Crippen LogP contribution is 2.25. The molecule has 0 spiro atoms. The molecule has 0 atom stereocenters. The maximum absolute atomic E-state index is 5.57. The second kappa shape index (κ2) is 3.34. The van der Waals surface area contributed by atoms with E-state index in [4.69, 9.17) is 11.6 Å². The van der Waals surface area contributed by atoms with E-state index in [1.165, 1.54) is 0 Å². The molecule has 0 aliphatic heterocycles. The van der Waals surface area contributed by atoms with Crippen molar-refractivity contribution >= 4 is 35.0 Å². The molecular weight excluding hydrogens is 162 g/mol. The number of aromatic amines is 1. The van der Waals surface area contributed by atoms with Crippen LogP contribution in [-0.2, 0) is 0 Å². The van der Waals surface area contributed by atoms with Gasteiger partial charge in [0.05, 0.1) is 0 Å². The van der Waals surface area contributed by atoms with E-state index in [2.05, 4.69) is 21.7 Å². The molecule has 1 N–H and O–H groups in total. The largest absolute Gasteiger partial charge is 0.345 e. The molecular formula is C7H8ClN3. The summed E-state index contributed by atoms with van der Waals surface area (Å²) in [5, 5.41) is 0.470. The van der Waals surface area contributed by atoms with Crippen molar-refractivity contribution in [1.82, 2.24) is 4.98 Å². The van der Waals surface area contributed by atoms with Crippen LogP contribution in [0.3, 0.4) is 0 Å². The average Bonchev–Trinajstić information content (AvgIpc) is 2.34. The van der Waals surface area contributed by atoms with Crippen LogP contribution in [0.4, 0.5) is 11.5 Å². The molecule has 1 aromatic rings. The van der Waals surface area contributed by atoms with Crippen LogP contribution in [0.15, 0.2) is 22.2 Å². The Bertz CT molecular complexity index is 284. The second-order valence-corrected chi connectivity index (χ2v) is 2.53. The first-order valence-corrected chi connectivity index (χ1v) is 3.46. The van der Waals surface area contributed by atoms with E-state index < -0.39 is 0 Å². The van der Waals surface area contributed by atoms with E-state index in [1.807, 2.05) is 0 Å². The van der Waals surface area contributed by atoms with Gasteiger partial charge in [0.2, 0.25) is 0 Å². The van der Waals surface area contributed by atoms with Gasteiger partial charge in [-0.05, 0) is 19.7 Å². The summed E-state index contributed by atoms with van der Waals surface area (Å²) in [7, 11) is 0. The molecule has 0 radical (unpaired) electrons. The van der Waals surface area contributed by atoms with Crippen LogP contribution in [0, 0.1) is 0 Å². The summed E-state index contributed by atoms with van der Waals surface area (Å²) in [6.45, 7) is 5.09. The standard InChI is InChI=1S/C7H8ClN3/c1-5(8)11-7-6(9-2)3-4-10-7/h3-4,10H,2H2,1H3/b11-5+. The van der Waals surface area contributed by atoms with E-state index in [-0.39, 0.29) is 0 Å². The molecule has 0 saturated heterocycles. The lowest BCUT2D eigenvalue weighted by atomic mass is 10.5. The van der Waals surface area contributed by atoms with Crippen molar-refractivity contribution in [2.24, 2.45) is 9.98 Å². The first-order valence-electron chi connectivity index (χ1n) is 3.09. The minimum Gasteiger partial charge on any atom is -0.345 e. The summed E-state index contributed by atoms with van der Waals surface area (Å²) in [5.41, 5.74) is 0.713. The highest BCUT2D eigenvalue weighted by molar-refractivity contribution is 6.65. The van der Waals surface area contributed by atoms with Gasteiger partial charge in [0.1, 0.15) is 10.9 Å². The third kappa shape index (κ3) is 1.91. The smallest absolute Gasteiger partial charge is 0.157 e. The molecule has 0 aliphatic carbocycles. The topological polar surface area (TPSA) is 40.5 Å². The van der Waals surface area contributed by atoms with Gasteiger partial charge in [0.25, 0.3) is 0 Å². The Morgan fingerprint density at radius 3 is 3.00 bits per heavy atom. The van der Waals surface area contributed by atoms with Crippen LogP contribution in [0.25, 0.3) is 0 Å². The van der Waals surface area contributed by atoms with E-state index in [0.717, 1.165) is 0 Å². The van der Waals surface area contributed by atoms with Crippen molar-refractivity contribution in [2.45, 2.75) is 6.92 Å². The van der Waals surface area contributed by atoms with E-state index in [9.17, 15) is 0 Å². The fourth-order valence-electron chi connectivity index (χ4n) is 0.724. The minimum atomic E-state index is 0.470. The number of rotatable bonds is 2. The number of hydrogen-bond acceptors (Lipinski definition) is 2. The summed E-state index contributed by atoms with van der Waals surface area (Å²) in [6.07, 6.45) is 1.74. The van der Waals surface area contributed by atoms with Crippen LogP contribution >= 0.6 is 11.6 Å². The molecule has 0 fully saturated rings. The predicted molar refractivity (Wildman–Crippen MR) is 48.6 cm³/mol. The van der Waals surface area contributed by atoms with Crippen LogP contribution in [-0.4, -0.2) is 16.9 Å². The van der Waals surface area contributed by atoms with Crippen molar-refractivity contribution in [3.8, 4) is 0 Å². The molecule has 0 amide bonds. The third-order valence-corrected chi connectivity index (χ3v) is 1.22. The van der Waals surface area contributed by atoms with E-state index in [0.29, 0.717) is 16.7 Å². The van der Waals surface area contributed by atoms with E-state index in [1.54, 1.807) is 19.2 Å². The fourth-order valence-corrected chi connectivity index (χ4v) is 0.808. The molecule has 1 aromatic heterocycles. The molecule has 3 nitrogen and oxygen atoms in total. The fraction of sp³-hybridized carbons (Fsp3) is 0.143. The molecule has 11 heavy (non-hydrogen) atoms. The SMILES string of the molecule is C=Nc1cc[nH]c1/N=C(\C)Cl. The third-order valence-electron chi connectivity index (χ3n) is 1.14. The van der Waals surface area contributed by atoms with E-state index >= 15 is 0 Å². The van der Waals surface area contributed by atoms with Gasteiger partial charge >= 0.3 is 0 Å². The highest BCUT2D eigenvalue weighted by Gasteiger charge is 1.97. The zero-order chi connectivity index (χ0) is 8.27. The number of H-pyrrole nitrogens is 1. The first kappa shape index (κ1) is 8.01. The Balaban J connectivity index is 3.03. The Morgan fingerprint density at radius 2 is 2.45 bits per heavy atom. The van der Waals surface area contributed by atoms with Crippen molar-refractivity contribution < 1.29 is 0 Å². The Hall–Kier alpha value is -1.09. The molecule has 4 heteroatoms. The number of hydrogen-bond donors (Lipinski definition) is 1. The number of halogens is 1. The van der Waals surface area contributed by atoms with Crippen LogP contribution < -0.4 is 0 Å². The molecule has 0 saturated carbocycles. The summed E-state index contributed by atoms with van der Waals surface area (Å²) in [6, 6.07) is 1.78. The maximum Gasteiger partial charge on any atom is 0.157 e. The van der Waals surface area contributed by atoms with Crippen LogP contribution in [0.2, 0.25) is 0 Å². The molecule has 1 rings (SSSR count). The van der Waals surface area contributed by atoms with Gasteiger partial charge in [-0.3, -0.25) is 4.99 Å². The zero-order valence-corrected chi connectivity index (χ0v) is 6.89. The Labute approximate surface area is 69.8 Å². The Kier molecular flexibility index (Phi) is 2.44. The van der Waals surface area contributed by atoms with Crippen LogP contribution in [0.1, 0.15) is 6.92 Å². The van der Waals surface area contributed by atoms with Gasteiger partial charge in [-0.1, -0.05) is 11.6 Å². The number of aromatic nitrogens is 1. The molecule has 0 bridgehead atoms. The lowest BCUT2D eigenvalue weighted by molar-refractivity contribution is 1.33. The van der Waals surface area contributed by atoms with Crippen LogP contribution in [0.5, 0.6) is 0 Å². The zero-order valence-electron chi connectivity index (χ0n) is 6.13. The molecule has 58 valence electrons. The Morgan fingerprint density at radius 1 is 1.73 bits per heavy atom.